The first-order chi connectivity index (χ1) is 5.29. The molecule has 0 aromatic carbocycles. The molecule has 2 aromatic heterocycles. The molecule has 0 saturated heterocycles. The molecule has 0 atom stereocenters. The molecular weight excluding hydrogens is 180 g/mol. The number of nitrogens with zero attached hydrogens (tertiary/aromatic N) is 2. The van der Waals surface area contributed by atoms with Crippen LogP contribution in [-0.4, -0.2) is 14.6 Å². The highest BCUT2D eigenvalue weighted by Gasteiger charge is 1.99. The number of hydrogen-bond acceptors (Lipinski definition) is 3. The minimum Gasteiger partial charge on any atom is -0.394 e. The van der Waals surface area contributed by atoms with Crippen molar-refractivity contribution in [3.63, 3.8) is 0 Å². The number of fused-ring (bicyclic) bond motifs is 1. The minimum absolute atomic E-state index is 0. The zero-order valence-corrected chi connectivity index (χ0v) is 6.84. The van der Waals surface area contributed by atoms with Gasteiger partial charge in [-0.1, -0.05) is 0 Å². The number of hydrogen-bond donors (Lipinski definition) is 2. The highest BCUT2D eigenvalue weighted by Crippen LogP contribution is 2.04. The van der Waals surface area contributed by atoms with E-state index in [1.807, 2.05) is 0 Å². The molecule has 0 unspecified atom stereocenters. The number of nitrogen functional groups attached to an aromatic ring is 1. The van der Waals surface area contributed by atoms with Crippen LogP contribution in [0.4, 0.5) is 5.69 Å². The van der Waals surface area contributed by atoms with Crippen molar-refractivity contribution in [2.45, 2.75) is 0 Å². The van der Waals surface area contributed by atoms with E-state index in [0.29, 0.717) is 11.3 Å². The summed E-state index contributed by atoms with van der Waals surface area (Å²) in [6.45, 7) is 0. The molecule has 3 N–H and O–H groups in total. The third kappa shape index (κ3) is 1.04. The summed E-state index contributed by atoms with van der Waals surface area (Å²) in [6.07, 6.45) is 2.96. The third-order valence-electron chi connectivity index (χ3n) is 1.45. The Bertz CT molecular complexity index is 446. The maximum atomic E-state index is 11.0. The zero-order valence-electron chi connectivity index (χ0n) is 6.02. The molecule has 6 heteroatoms. The summed E-state index contributed by atoms with van der Waals surface area (Å²) in [4.78, 5) is 14.9. The average Bonchev–Trinajstić information content (AvgIpc) is 2.35. The van der Waals surface area contributed by atoms with Crippen molar-refractivity contribution in [1.82, 2.24) is 14.6 Å². The van der Waals surface area contributed by atoms with Gasteiger partial charge in [-0.2, -0.15) is 4.52 Å². The Balaban J connectivity index is 0.000000720. The van der Waals surface area contributed by atoms with E-state index in [9.17, 15) is 4.79 Å². The molecular formula is C6H7ClN4O. The van der Waals surface area contributed by atoms with Crippen molar-refractivity contribution in [2.75, 3.05) is 5.73 Å². The van der Waals surface area contributed by atoms with E-state index in [-0.39, 0.29) is 18.0 Å². The molecule has 0 bridgehead atoms. The number of H-pyrrole nitrogens is 1. The van der Waals surface area contributed by atoms with Crippen molar-refractivity contribution in [1.29, 1.82) is 0 Å². The first-order valence-electron chi connectivity index (χ1n) is 3.09. The monoisotopic (exact) mass is 186 g/mol. The van der Waals surface area contributed by atoms with Gasteiger partial charge in [0, 0.05) is 18.5 Å². The summed E-state index contributed by atoms with van der Waals surface area (Å²) in [5, 5.41) is 2.67. The van der Waals surface area contributed by atoms with Crippen molar-refractivity contribution in [2.24, 2.45) is 0 Å². The van der Waals surface area contributed by atoms with Crippen LogP contribution in [0.5, 0.6) is 0 Å². The van der Waals surface area contributed by atoms with Gasteiger partial charge in [-0.15, -0.1) is 12.4 Å². The molecule has 0 amide bonds. The Morgan fingerprint density at radius 2 is 2.33 bits per heavy atom. The van der Waals surface area contributed by atoms with Gasteiger partial charge in [0.05, 0.1) is 5.69 Å². The second-order valence-corrected chi connectivity index (χ2v) is 2.17. The summed E-state index contributed by atoms with van der Waals surface area (Å²) in [5.74, 6) is 0. The van der Waals surface area contributed by atoms with Crippen molar-refractivity contribution in [3.8, 4) is 0 Å². The summed E-state index contributed by atoms with van der Waals surface area (Å²) in [7, 11) is 0. The number of rotatable bonds is 0. The van der Waals surface area contributed by atoms with Gasteiger partial charge in [-0.25, -0.2) is 4.98 Å². The maximum absolute atomic E-state index is 11.0. The second kappa shape index (κ2) is 2.86. The fourth-order valence-corrected chi connectivity index (χ4v) is 0.935. The quantitative estimate of drug-likeness (QED) is 0.609. The molecule has 2 heterocycles. The van der Waals surface area contributed by atoms with Crippen molar-refractivity contribution >= 4 is 23.7 Å². The summed E-state index contributed by atoms with van der Waals surface area (Å²) in [5.41, 5.74) is 6.28. The Hall–Kier alpha value is -1.49. The summed E-state index contributed by atoms with van der Waals surface area (Å²) < 4.78 is 1.29. The number of nitrogens with one attached hydrogen (secondary N) is 1. The predicted molar refractivity (Wildman–Crippen MR) is 47.5 cm³/mol. The molecule has 5 nitrogen and oxygen atoms in total. The summed E-state index contributed by atoms with van der Waals surface area (Å²) in [6, 6.07) is 1.36. The van der Waals surface area contributed by atoms with Gasteiger partial charge in [0.2, 0.25) is 0 Å². The standard InChI is InChI=1S/C6H6N4O.ClH/c7-4-3-9-10-5(11)1-2-8-6(4)10;/h1-3,9H,7H2;1H. The fourth-order valence-electron chi connectivity index (χ4n) is 0.935. The van der Waals surface area contributed by atoms with E-state index < -0.39 is 0 Å². The van der Waals surface area contributed by atoms with Crippen molar-refractivity contribution < 1.29 is 0 Å². The lowest BCUT2D eigenvalue weighted by Gasteiger charge is -1.88. The topological polar surface area (TPSA) is 76.2 Å². The van der Waals surface area contributed by atoms with E-state index in [0.717, 1.165) is 0 Å². The van der Waals surface area contributed by atoms with Gasteiger partial charge in [0.25, 0.3) is 5.56 Å². The van der Waals surface area contributed by atoms with Gasteiger partial charge in [0.15, 0.2) is 5.65 Å². The lowest BCUT2D eigenvalue weighted by atomic mass is 10.5. The van der Waals surface area contributed by atoms with Crippen LogP contribution in [0, 0.1) is 0 Å². The average molecular weight is 187 g/mol. The van der Waals surface area contributed by atoms with Crippen LogP contribution in [0.2, 0.25) is 0 Å². The highest BCUT2D eigenvalue weighted by atomic mass is 35.5. The molecule has 0 spiro atoms. The fraction of sp³-hybridized carbons (Fsp3) is 0. The van der Waals surface area contributed by atoms with Crippen LogP contribution in [-0.2, 0) is 0 Å². The summed E-state index contributed by atoms with van der Waals surface area (Å²) >= 11 is 0. The second-order valence-electron chi connectivity index (χ2n) is 2.17. The molecule has 0 saturated carbocycles. The first kappa shape index (κ1) is 8.61. The Labute approximate surface area is 73.6 Å². The number of halogens is 1. The van der Waals surface area contributed by atoms with E-state index in [1.54, 1.807) is 0 Å². The van der Waals surface area contributed by atoms with Gasteiger partial charge in [0.1, 0.15) is 0 Å². The number of anilines is 1. The van der Waals surface area contributed by atoms with Crippen LogP contribution in [0.3, 0.4) is 0 Å². The van der Waals surface area contributed by atoms with Crippen LogP contribution in [0.1, 0.15) is 0 Å². The zero-order chi connectivity index (χ0) is 7.84. The van der Waals surface area contributed by atoms with Gasteiger partial charge >= 0.3 is 0 Å². The molecule has 0 aliphatic heterocycles. The van der Waals surface area contributed by atoms with Gasteiger partial charge < -0.3 is 5.73 Å². The van der Waals surface area contributed by atoms with Crippen LogP contribution in [0.15, 0.2) is 23.3 Å². The van der Waals surface area contributed by atoms with Crippen LogP contribution < -0.4 is 11.3 Å². The number of aromatic amines is 1. The third-order valence-corrected chi connectivity index (χ3v) is 1.45. The molecule has 0 aliphatic carbocycles. The Kier molecular flexibility index (Phi) is 2.05. The van der Waals surface area contributed by atoms with E-state index in [4.69, 9.17) is 5.73 Å². The van der Waals surface area contributed by atoms with Gasteiger partial charge in [-0.05, 0) is 0 Å². The van der Waals surface area contributed by atoms with Gasteiger partial charge in [-0.3, -0.25) is 9.89 Å². The molecule has 0 fully saturated rings. The molecule has 2 rings (SSSR count). The number of nitrogens with two attached hydrogens (primary N) is 1. The van der Waals surface area contributed by atoms with Crippen LogP contribution >= 0.6 is 12.4 Å². The normalized spacial score (nSPS) is 9.67. The molecule has 2 aromatic rings. The predicted octanol–water partition coefficient (Wildman–Crippen LogP) is 0.0266. The van der Waals surface area contributed by atoms with E-state index in [2.05, 4.69) is 10.1 Å². The Morgan fingerprint density at radius 1 is 1.58 bits per heavy atom. The number of aromatic nitrogens is 3. The van der Waals surface area contributed by atoms with E-state index >= 15 is 0 Å². The van der Waals surface area contributed by atoms with E-state index in [1.165, 1.54) is 23.0 Å². The largest absolute Gasteiger partial charge is 0.394 e. The lowest BCUT2D eigenvalue weighted by molar-refractivity contribution is 0.899. The minimum atomic E-state index is -0.160. The Morgan fingerprint density at radius 3 is 3.00 bits per heavy atom. The maximum Gasteiger partial charge on any atom is 0.272 e. The first-order valence-corrected chi connectivity index (χ1v) is 3.09. The SMILES string of the molecule is Cl.Nc1c[nH]n2c(=O)ccnc12. The molecule has 64 valence electrons. The molecule has 0 radical (unpaired) electrons. The van der Waals surface area contributed by atoms with Crippen LogP contribution in [0.25, 0.3) is 5.65 Å². The molecule has 12 heavy (non-hydrogen) atoms. The van der Waals surface area contributed by atoms with Crippen molar-refractivity contribution in [3.05, 3.63) is 28.8 Å². The lowest BCUT2D eigenvalue weighted by Crippen LogP contribution is -2.12. The highest BCUT2D eigenvalue weighted by molar-refractivity contribution is 5.85. The smallest absolute Gasteiger partial charge is 0.272 e. The molecule has 0 aliphatic rings.